The van der Waals surface area contributed by atoms with E-state index >= 15 is 0 Å². The van der Waals surface area contributed by atoms with Crippen molar-refractivity contribution >= 4 is 12.2 Å². The Kier molecular flexibility index (Phi) is 4.32. The van der Waals surface area contributed by atoms with Crippen LogP contribution >= 0.6 is 0 Å². The van der Waals surface area contributed by atoms with Gasteiger partial charge in [-0.05, 0) is 57.9 Å². The quantitative estimate of drug-likeness (QED) is 0.945. The number of nitriles is 1. The van der Waals surface area contributed by atoms with E-state index in [1.54, 1.807) is 6.92 Å². The molecule has 0 saturated carbocycles. The second-order valence-electron chi connectivity index (χ2n) is 5.67. The molecule has 0 aliphatic rings. The lowest BCUT2D eigenvalue weighted by molar-refractivity contribution is 0.574. The van der Waals surface area contributed by atoms with Gasteiger partial charge in [-0.15, -0.1) is 0 Å². The standard InChI is InChI=1S/C17H20N4O/c1-10(2)21-11(3)8-14(13(21)5)6-7-16-12(4)15(9-18)17(22)20-19-16/h6-8,10H,1-5H3,(H,20,22)/b7-6+. The molecule has 0 bridgehead atoms. The average molecular weight is 296 g/mol. The zero-order chi connectivity index (χ0) is 16.4. The third-order valence-corrected chi connectivity index (χ3v) is 3.84. The Morgan fingerprint density at radius 2 is 2.00 bits per heavy atom. The first-order chi connectivity index (χ1) is 10.4. The number of nitrogens with one attached hydrogen (secondary N) is 1. The van der Waals surface area contributed by atoms with Gasteiger partial charge in [-0.3, -0.25) is 4.79 Å². The summed E-state index contributed by atoms with van der Waals surface area (Å²) < 4.78 is 2.27. The van der Waals surface area contributed by atoms with Crippen molar-refractivity contribution in [1.29, 1.82) is 5.26 Å². The second-order valence-corrected chi connectivity index (χ2v) is 5.67. The fraction of sp³-hybridized carbons (Fsp3) is 0.353. The Morgan fingerprint density at radius 1 is 1.32 bits per heavy atom. The molecule has 114 valence electrons. The molecule has 0 aliphatic carbocycles. The van der Waals surface area contributed by atoms with Gasteiger partial charge in [0.25, 0.3) is 5.56 Å². The van der Waals surface area contributed by atoms with Crippen LogP contribution in [0.2, 0.25) is 0 Å². The minimum absolute atomic E-state index is 0.113. The molecule has 0 unspecified atom stereocenters. The molecule has 0 radical (unpaired) electrons. The summed E-state index contributed by atoms with van der Waals surface area (Å²) in [4.78, 5) is 11.5. The summed E-state index contributed by atoms with van der Waals surface area (Å²) in [6.07, 6.45) is 3.80. The smallest absolute Gasteiger partial charge is 0.282 e. The van der Waals surface area contributed by atoms with Crippen LogP contribution in [0, 0.1) is 32.1 Å². The topological polar surface area (TPSA) is 74.5 Å². The van der Waals surface area contributed by atoms with Gasteiger partial charge in [-0.25, -0.2) is 5.10 Å². The number of aromatic amines is 1. The van der Waals surface area contributed by atoms with Crippen LogP contribution in [0.1, 0.15) is 53.7 Å². The van der Waals surface area contributed by atoms with Crippen molar-refractivity contribution in [3.63, 3.8) is 0 Å². The molecule has 2 heterocycles. The van der Waals surface area contributed by atoms with E-state index in [0.29, 0.717) is 17.3 Å². The summed E-state index contributed by atoms with van der Waals surface area (Å²) in [5.41, 5.74) is 4.36. The summed E-state index contributed by atoms with van der Waals surface area (Å²) in [6.45, 7) is 10.2. The van der Waals surface area contributed by atoms with E-state index in [4.69, 9.17) is 5.26 Å². The van der Waals surface area contributed by atoms with Gasteiger partial charge in [-0.2, -0.15) is 10.4 Å². The highest BCUT2D eigenvalue weighted by Crippen LogP contribution is 2.22. The zero-order valence-corrected chi connectivity index (χ0v) is 13.6. The second kappa shape index (κ2) is 6.02. The predicted octanol–water partition coefficient (Wildman–Crippen LogP) is 3.12. The molecule has 1 N–H and O–H groups in total. The summed E-state index contributed by atoms with van der Waals surface area (Å²) in [5, 5.41) is 15.4. The lowest BCUT2D eigenvalue weighted by Crippen LogP contribution is -2.15. The van der Waals surface area contributed by atoms with Gasteiger partial charge in [0.1, 0.15) is 11.6 Å². The molecule has 5 nitrogen and oxygen atoms in total. The molecule has 0 atom stereocenters. The van der Waals surface area contributed by atoms with E-state index in [0.717, 1.165) is 5.56 Å². The largest absolute Gasteiger partial charge is 0.346 e. The van der Waals surface area contributed by atoms with Gasteiger partial charge in [-0.1, -0.05) is 6.08 Å². The first kappa shape index (κ1) is 15.8. The van der Waals surface area contributed by atoms with E-state index in [1.165, 1.54) is 11.4 Å². The van der Waals surface area contributed by atoms with E-state index in [9.17, 15) is 4.79 Å². The minimum Gasteiger partial charge on any atom is -0.346 e. The Bertz CT molecular complexity index is 832. The van der Waals surface area contributed by atoms with Crippen LogP contribution in [-0.4, -0.2) is 14.8 Å². The van der Waals surface area contributed by atoms with Crippen LogP contribution in [0.3, 0.4) is 0 Å². The van der Waals surface area contributed by atoms with Crippen molar-refractivity contribution in [3.05, 3.63) is 50.2 Å². The number of aryl methyl sites for hydroxylation is 1. The minimum atomic E-state index is -0.449. The maximum absolute atomic E-state index is 11.5. The van der Waals surface area contributed by atoms with E-state index in [1.807, 2.05) is 18.2 Å². The number of aromatic nitrogens is 3. The SMILES string of the molecule is Cc1c(/C=C/c2cc(C)n(C(C)C)c2C)n[nH]c(=O)c1C#N. The molecule has 22 heavy (non-hydrogen) atoms. The van der Waals surface area contributed by atoms with Crippen LogP contribution in [0.25, 0.3) is 12.2 Å². The van der Waals surface area contributed by atoms with Crippen molar-refractivity contribution in [3.8, 4) is 6.07 Å². The normalized spacial score (nSPS) is 11.3. The van der Waals surface area contributed by atoms with E-state index in [2.05, 4.69) is 48.5 Å². The van der Waals surface area contributed by atoms with Crippen molar-refractivity contribution < 1.29 is 0 Å². The maximum Gasteiger partial charge on any atom is 0.282 e. The third-order valence-electron chi connectivity index (χ3n) is 3.84. The van der Waals surface area contributed by atoms with Gasteiger partial charge < -0.3 is 4.57 Å². The monoisotopic (exact) mass is 296 g/mol. The van der Waals surface area contributed by atoms with Crippen LogP contribution in [0.15, 0.2) is 10.9 Å². The van der Waals surface area contributed by atoms with Gasteiger partial charge in [0, 0.05) is 17.4 Å². The predicted molar refractivity (Wildman–Crippen MR) is 87.5 cm³/mol. The van der Waals surface area contributed by atoms with Crippen molar-refractivity contribution in [2.75, 3.05) is 0 Å². The van der Waals surface area contributed by atoms with Crippen molar-refractivity contribution in [2.45, 2.75) is 40.7 Å². The maximum atomic E-state index is 11.5. The van der Waals surface area contributed by atoms with Crippen LogP contribution < -0.4 is 5.56 Å². The number of hydrogen-bond acceptors (Lipinski definition) is 3. The highest BCUT2D eigenvalue weighted by molar-refractivity contribution is 5.71. The Balaban J connectivity index is 2.45. The van der Waals surface area contributed by atoms with Gasteiger partial charge in [0.2, 0.25) is 0 Å². The fourth-order valence-electron chi connectivity index (χ4n) is 2.78. The van der Waals surface area contributed by atoms with Crippen molar-refractivity contribution in [1.82, 2.24) is 14.8 Å². The average Bonchev–Trinajstić information content (AvgIpc) is 2.73. The number of H-pyrrole nitrogens is 1. The fourth-order valence-corrected chi connectivity index (χ4v) is 2.78. The third kappa shape index (κ3) is 2.73. The Labute approximate surface area is 129 Å². The molecule has 0 fully saturated rings. The molecule has 0 saturated heterocycles. The molecular formula is C17H20N4O. The Hall–Kier alpha value is -2.61. The molecule has 2 aromatic rings. The van der Waals surface area contributed by atoms with E-state index in [-0.39, 0.29) is 5.56 Å². The number of rotatable bonds is 3. The molecule has 0 spiro atoms. The Morgan fingerprint density at radius 3 is 2.55 bits per heavy atom. The lowest BCUT2D eigenvalue weighted by Gasteiger charge is -2.13. The number of nitrogens with zero attached hydrogens (tertiary/aromatic N) is 3. The highest BCUT2D eigenvalue weighted by Gasteiger charge is 2.11. The highest BCUT2D eigenvalue weighted by atomic mass is 16.1. The molecule has 5 heteroatoms. The number of hydrogen-bond donors (Lipinski definition) is 1. The van der Waals surface area contributed by atoms with Gasteiger partial charge in [0.05, 0.1) is 5.69 Å². The first-order valence-electron chi connectivity index (χ1n) is 7.22. The van der Waals surface area contributed by atoms with E-state index < -0.39 is 5.56 Å². The van der Waals surface area contributed by atoms with Gasteiger partial charge in [0.15, 0.2) is 0 Å². The summed E-state index contributed by atoms with van der Waals surface area (Å²) in [7, 11) is 0. The molecule has 2 aromatic heterocycles. The molecule has 0 amide bonds. The first-order valence-corrected chi connectivity index (χ1v) is 7.22. The molecule has 2 rings (SSSR count). The summed E-state index contributed by atoms with van der Waals surface area (Å²) in [5.74, 6) is 0. The van der Waals surface area contributed by atoms with Crippen molar-refractivity contribution in [2.24, 2.45) is 0 Å². The summed E-state index contributed by atoms with van der Waals surface area (Å²) >= 11 is 0. The van der Waals surface area contributed by atoms with Crippen LogP contribution in [0.5, 0.6) is 0 Å². The lowest BCUT2D eigenvalue weighted by atomic mass is 10.1. The zero-order valence-electron chi connectivity index (χ0n) is 13.6. The summed E-state index contributed by atoms with van der Waals surface area (Å²) in [6, 6.07) is 4.45. The van der Waals surface area contributed by atoms with Crippen LogP contribution in [0.4, 0.5) is 0 Å². The van der Waals surface area contributed by atoms with Gasteiger partial charge >= 0.3 is 0 Å². The molecular weight excluding hydrogens is 276 g/mol. The molecule has 0 aliphatic heterocycles. The van der Waals surface area contributed by atoms with Crippen LogP contribution in [-0.2, 0) is 0 Å². The molecule has 0 aromatic carbocycles.